The van der Waals surface area contributed by atoms with E-state index in [4.69, 9.17) is 4.74 Å². The predicted octanol–water partition coefficient (Wildman–Crippen LogP) is 18.6. The van der Waals surface area contributed by atoms with Gasteiger partial charge in [0.25, 0.3) is 0 Å². The van der Waals surface area contributed by atoms with Crippen molar-refractivity contribution in [1.82, 2.24) is 64.2 Å². The van der Waals surface area contributed by atoms with Gasteiger partial charge >= 0.3 is 0 Å². The Morgan fingerprint density at radius 1 is 0.336 bits per heavy atom. The summed E-state index contributed by atoms with van der Waals surface area (Å²) in [5.41, 5.74) is 7.86. The zero-order valence-corrected chi connectivity index (χ0v) is 72.3. The summed E-state index contributed by atoms with van der Waals surface area (Å²) in [6, 6.07) is 72.9. The Hall–Kier alpha value is -11.0. The van der Waals surface area contributed by atoms with Gasteiger partial charge in [0.1, 0.15) is 29.5 Å². The van der Waals surface area contributed by atoms with Crippen LogP contribution < -0.4 is 9.64 Å². The third-order valence-corrected chi connectivity index (χ3v) is 14.3. The van der Waals surface area contributed by atoms with Crippen molar-refractivity contribution in [3.8, 4) is 79.1 Å². The number of rotatable bonds is 10. The molecule has 0 spiro atoms. The van der Waals surface area contributed by atoms with Crippen LogP contribution in [0.4, 0.5) is 58.4 Å². The van der Waals surface area contributed by atoms with E-state index in [1.165, 1.54) is 57.6 Å². The van der Waals surface area contributed by atoms with Crippen molar-refractivity contribution in [2.75, 3.05) is 26.1 Å². The van der Waals surface area contributed by atoms with Crippen LogP contribution in [0.2, 0.25) is 0 Å². The molecular weight excluding hydrogens is 2410 g/mol. The van der Waals surface area contributed by atoms with E-state index in [1.54, 1.807) is 98.0 Å². The summed E-state index contributed by atoms with van der Waals surface area (Å²) in [5.74, 6) is -8.38. The van der Waals surface area contributed by atoms with Gasteiger partial charge in [0.05, 0.1) is 7.11 Å². The van der Waals surface area contributed by atoms with Crippen LogP contribution in [0.3, 0.4) is 0 Å². The van der Waals surface area contributed by atoms with E-state index in [2.05, 4.69) is 112 Å². The van der Waals surface area contributed by atoms with Gasteiger partial charge in [-0.25, -0.2) is 17.6 Å². The van der Waals surface area contributed by atoms with Gasteiger partial charge in [-0.05, 0) is 100 Å². The minimum Gasteiger partial charge on any atom is -0.497 e. The molecule has 0 saturated carbocycles. The molecule has 0 amide bonds. The Balaban J connectivity index is 0.000000278. The molecule has 0 aliphatic rings. The van der Waals surface area contributed by atoms with E-state index in [0.29, 0.717) is 22.8 Å². The topological polar surface area (TPSA) is 156 Å². The Labute approximate surface area is 726 Å². The van der Waals surface area contributed by atoms with Crippen molar-refractivity contribution in [2.24, 2.45) is 0 Å². The summed E-state index contributed by atoms with van der Waals surface area (Å²) in [6.45, 7) is 2.05. The second kappa shape index (κ2) is 50.4. The fraction of sp³-hybridized carbons (Fsp3) is 0.0476. The number of pyridine rings is 7. The van der Waals surface area contributed by atoms with Gasteiger partial charge in [-0.1, -0.05) is 84.3 Å². The molecule has 32 heteroatoms. The molecule has 16 rings (SSSR count). The van der Waals surface area contributed by atoms with Crippen molar-refractivity contribution in [3.63, 3.8) is 0 Å². The van der Waals surface area contributed by atoms with Gasteiger partial charge in [-0.15, -0.1) is 132 Å². The first kappa shape index (κ1) is 97.4. The molecule has 6 aromatic carbocycles. The van der Waals surface area contributed by atoms with Crippen molar-refractivity contribution >= 4 is 5.69 Å². The average molecular weight is 2470 g/mol. The maximum Gasteiger partial charge on any atom is 0.128 e. The Bertz CT molecular complexity index is 5290. The molecule has 0 aliphatic carbocycles. The number of ether oxygens (including phenoxy) is 1. The fourth-order valence-electron chi connectivity index (χ4n) is 9.07. The normalized spacial score (nSPS) is 9.72. The summed E-state index contributed by atoms with van der Waals surface area (Å²) in [6.07, 6.45) is 17.4. The van der Waals surface area contributed by atoms with Crippen LogP contribution in [0.5, 0.6) is 5.75 Å². The summed E-state index contributed by atoms with van der Waals surface area (Å²) < 4.78 is 163. The van der Waals surface area contributed by atoms with E-state index in [0.717, 1.165) is 88.9 Å². The van der Waals surface area contributed by atoms with Crippen LogP contribution in [0, 0.1) is 126 Å². The molecule has 116 heavy (non-hydrogen) atoms. The number of hydrogen-bond acceptors (Lipinski definition) is 12. The number of hydrogen-bond donors (Lipinski definition) is 0. The summed E-state index contributed by atoms with van der Waals surface area (Å²) >= 11 is 0. The number of aryl methyl sites for hydroxylation is 1. The van der Waals surface area contributed by atoms with Crippen LogP contribution in [0.15, 0.2) is 268 Å². The smallest absolute Gasteiger partial charge is 0.128 e. The Morgan fingerprint density at radius 2 is 0.733 bits per heavy atom. The SMILES string of the molecule is CN(C)c1ccnc(-c2[c-]cc(F)nc2F)c1.COc1ccnc(-c2[c-]cc(F)nc2F)c1.Cc1c[c-]c(-c2ccccn2)cc1.Fc1c[c-]c(-c2ccccn2)c(F)c1.Fc1c[c-]c(-n2cccn2)c(F)c1.Fc1c[c-]c(-n2cccn2)c(F)c1.Fc1c[c-]c(-n2cccn2)c(F)c1.[Ir].[Ir].[Ir].[Ir].[Ir].[c-]1ccccc1-c1ccccn1. The minimum absolute atomic E-state index is 0. The van der Waals surface area contributed by atoms with E-state index in [-0.39, 0.29) is 134 Å². The van der Waals surface area contributed by atoms with E-state index in [1.807, 2.05) is 91.8 Å². The number of nitrogens with zero attached hydrogens (tertiary/aromatic N) is 14. The maximum atomic E-state index is 13.4. The summed E-state index contributed by atoms with van der Waals surface area (Å²) in [4.78, 5) is 28.4. The second-order valence-electron chi connectivity index (χ2n) is 22.3. The summed E-state index contributed by atoms with van der Waals surface area (Å²) in [5, 5.41) is 11.4. The minimum atomic E-state index is -0.944. The van der Waals surface area contributed by atoms with E-state index >= 15 is 0 Å². The molecule has 0 fully saturated rings. The third kappa shape index (κ3) is 30.3. The van der Waals surface area contributed by atoms with Crippen LogP contribution in [0.25, 0.3) is 73.3 Å². The number of benzene rings is 6. The molecule has 10 heterocycles. The number of methoxy groups -OCH3 is 1. The Morgan fingerprint density at radius 3 is 1.09 bits per heavy atom. The monoisotopic (exact) mass is 2470 g/mol. The van der Waals surface area contributed by atoms with Crippen LogP contribution in [-0.2, 0) is 101 Å². The molecule has 0 saturated heterocycles. The molecule has 605 valence electrons. The van der Waals surface area contributed by atoms with Crippen molar-refractivity contribution in [3.05, 3.63) is 393 Å². The molecule has 16 aromatic rings. The van der Waals surface area contributed by atoms with E-state index in [9.17, 15) is 52.7 Å². The Kier molecular flexibility index (Phi) is 42.3. The molecule has 0 N–H and O–H groups in total. The molecule has 15 nitrogen and oxygen atoms in total. The van der Waals surface area contributed by atoms with Gasteiger partial charge in [0.2, 0.25) is 0 Å². The van der Waals surface area contributed by atoms with E-state index < -0.39 is 70.3 Å². The quantitative estimate of drug-likeness (QED) is 0.0726. The van der Waals surface area contributed by atoms with Gasteiger partial charge in [-0.2, -0.15) is 33.5 Å². The van der Waals surface area contributed by atoms with Gasteiger partial charge in [0.15, 0.2) is 0 Å². The molecule has 0 atom stereocenters. The number of halogens is 12. The third-order valence-electron chi connectivity index (χ3n) is 14.3. The molecule has 5 radical (unpaired) electrons. The van der Waals surface area contributed by atoms with Gasteiger partial charge < -0.3 is 34.6 Å². The zero-order chi connectivity index (χ0) is 79.0. The van der Waals surface area contributed by atoms with Crippen molar-refractivity contribution in [2.45, 2.75) is 6.92 Å². The first-order chi connectivity index (χ1) is 53.7. The van der Waals surface area contributed by atoms with Crippen molar-refractivity contribution < 1.29 is 158 Å². The van der Waals surface area contributed by atoms with Gasteiger partial charge in [-0.3, -0.25) is 59.1 Å². The van der Waals surface area contributed by atoms with Crippen LogP contribution >= 0.6 is 0 Å². The largest absolute Gasteiger partial charge is 0.497 e. The molecular formula is C84H56F12Ir5N14O-8. The predicted molar refractivity (Wildman–Crippen MR) is 390 cm³/mol. The number of aromatic nitrogens is 13. The van der Waals surface area contributed by atoms with Crippen LogP contribution in [0.1, 0.15) is 5.56 Å². The van der Waals surface area contributed by atoms with Crippen molar-refractivity contribution in [1.29, 1.82) is 0 Å². The molecule has 0 bridgehead atoms. The maximum absolute atomic E-state index is 13.4. The fourth-order valence-corrected chi connectivity index (χ4v) is 9.07. The zero-order valence-electron chi connectivity index (χ0n) is 60.3. The standard InChI is InChI=1S/C12H10F2N3.C12H10N.C11H7F2N2O.C11H6F2N.C11H8N.3C9H5F2N2.5Ir/c1-17(2)8-5-6-15-10(7-8)9-3-4-11(13)16-12(9)14;1-10-5-7-11(8-6-10)12-4-2-3-9-13-12;1-16-7-4-5-14-9(6-7)8-2-3-10(12)15-11(8)13;12-8-4-5-9(10(13)7-8)11-3-1-2-6-14-11;1-2-6-10(7-3-1)11-8-4-5-9-12-11;3*10-7-2-3-9(8(11)6-7)13-5-1-4-12-13;;;;;/h4-7H,1-2H3;2-7,9H,1H3;3-6H,1H3;1-4,6-7H;1-6,8-9H;3*1-2,4-6H;;;;;/q8*-1;;;;;. The average Bonchev–Trinajstić information content (AvgIpc) is 1.69. The first-order valence-electron chi connectivity index (χ1n) is 32.5. The molecule has 0 aliphatic heterocycles. The first-order valence-corrected chi connectivity index (χ1v) is 32.5. The van der Waals surface area contributed by atoms with Gasteiger partial charge in [0, 0.05) is 235 Å². The summed E-state index contributed by atoms with van der Waals surface area (Å²) in [7, 11) is 5.21. The second-order valence-corrected chi connectivity index (χ2v) is 22.3. The molecule has 10 aromatic heterocycles. The number of anilines is 1. The molecule has 0 unspecified atom stereocenters. The van der Waals surface area contributed by atoms with Crippen LogP contribution in [-0.4, -0.2) is 85.4 Å².